The number of likely N-dealkylation sites (N-methyl/N-ethyl adjacent to an activating group) is 1. The second kappa shape index (κ2) is 8.36. The number of hydrogen-bond donors (Lipinski definition) is 2. The molecule has 0 aliphatic heterocycles. The normalized spacial score (nSPS) is 13.5. The van der Waals surface area contributed by atoms with E-state index in [9.17, 15) is 14.7 Å². The maximum Gasteiger partial charge on any atom is 0.326 e. The zero-order valence-corrected chi connectivity index (χ0v) is 12.5. The van der Waals surface area contributed by atoms with Crippen LogP contribution in [0, 0.1) is 0 Å². The summed E-state index contributed by atoms with van der Waals surface area (Å²) in [5.74, 6) is -1.38. The minimum atomic E-state index is -1.04. The second-order valence-electron chi connectivity index (χ2n) is 5.12. The first-order chi connectivity index (χ1) is 9.97. The summed E-state index contributed by atoms with van der Waals surface area (Å²) in [5, 5.41) is 9.36. The number of hydrogen-bond acceptors (Lipinski definition) is 4. The zero-order valence-electron chi connectivity index (χ0n) is 12.5. The molecule has 1 rings (SSSR count). The van der Waals surface area contributed by atoms with Gasteiger partial charge in [0, 0.05) is 25.9 Å². The highest BCUT2D eigenvalue weighted by molar-refractivity contribution is 5.86. The standard InChI is InChI=1S/C15H23N3O3/c1-3-4-7-12(16)14(19)18(2)13(15(20)21)9-11-6-5-8-17-10-11/h5-6,8,10,12-13H,3-4,7,9,16H2,1-2H3,(H,20,21)/t12-,13-/m0/s1. The summed E-state index contributed by atoms with van der Waals surface area (Å²) in [7, 11) is 1.49. The number of carboxylic acid groups (broad SMARTS) is 1. The summed E-state index contributed by atoms with van der Waals surface area (Å²) in [6, 6.07) is 1.95. The van der Waals surface area contributed by atoms with Crippen molar-refractivity contribution in [2.45, 2.75) is 44.7 Å². The van der Waals surface area contributed by atoms with Crippen LogP contribution in [-0.2, 0) is 16.0 Å². The fourth-order valence-corrected chi connectivity index (χ4v) is 2.09. The van der Waals surface area contributed by atoms with Crippen LogP contribution in [0.15, 0.2) is 24.5 Å². The first-order valence-corrected chi connectivity index (χ1v) is 7.11. The first-order valence-electron chi connectivity index (χ1n) is 7.11. The third kappa shape index (κ3) is 5.15. The van der Waals surface area contributed by atoms with Crippen LogP contribution in [0.5, 0.6) is 0 Å². The molecular weight excluding hydrogens is 270 g/mol. The van der Waals surface area contributed by atoms with E-state index in [4.69, 9.17) is 5.73 Å². The lowest BCUT2D eigenvalue weighted by molar-refractivity contribution is -0.149. The summed E-state index contributed by atoms with van der Waals surface area (Å²) >= 11 is 0. The average molecular weight is 293 g/mol. The SMILES string of the molecule is CCCC[C@H](N)C(=O)N(C)[C@@H](Cc1cccnc1)C(=O)O. The molecule has 0 bridgehead atoms. The number of aromatic nitrogens is 1. The van der Waals surface area contributed by atoms with E-state index in [1.54, 1.807) is 24.5 Å². The number of amides is 1. The number of rotatable bonds is 8. The van der Waals surface area contributed by atoms with E-state index >= 15 is 0 Å². The van der Waals surface area contributed by atoms with Gasteiger partial charge in [-0.3, -0.25) is 9.78 Å². The molecule has 0 aromatic carbocycles. The quantitative estimate of drug-likeness (QED) is 0.747. The molecule has 0 spiro atoms. The Bertz CT molecular complexity index is 464. The van der Waals surface area contributed by atoms with Crippen molar-refractivity contribution >= 4 is 11.9 Å². The molecule has 116 valence electrons. The van der Waals surface area contributed by atoms with E-state index in [2.05, 4.69) is 4.98 Å². The van der Waals surface area contributed by atoms with E-state index in [1.165, 1.54) is 11.9 Å². The molecule has 0 radical (unpaired) electrons. The highest BCUT2D eigenvalue weighted by atomic mass is 16.4. The first kappa shape index (κ1) is 17.1. The van der Waals surface area contributed by atoms with Gasteiger partial charge in [-0.05, 0) is 18.1 Å². The van der Waals surface area contributed by atoms with Crippen LogP contribution in [-0.4, -0.2) is 46.0 Å². The van der Waals surface area contributed by atoms with E-state index in [0.717, 1.165) is 18.4 Å². The van der Waals surface area contributed by atoms with Gasteiger partial charge >= 0.3 is 5.97 Å². The Labute approximate surface area is 125 Å². The maximum atomic E-state index is 12.2. The van der Waals surface area contributed by atoms with Gasteiger partial charge in [0.2, 0.25) is 5.91 Å². The molecule has 0 aliphatic carbocycles. The number of pyridine rings is 1. The lowest BCUT2D eigenvalue weighted by atomic mass is 10.0. The molecule has 1 aromatic heterocycles. The number of nitrogens with zero attached hydrogens (tertiary/aromatic N) is 2. The van der Waals surface area contributed by atoms with Crippen molar-refractivity contribution in [3.63, 3.8) is 0 Å². The lowest BCUT2D eigenvalue weighted by Gasteiger charge is -2.27. The average Bonchev–Trinajstić information content (AvgIpc) is 2.49. The molecule has 0 saturated heterocycles. The minimum Gasteiger partial charge on any atom is -0.480 e. The van der Waals surface area contributed by atoms with Crippen LogP contribution in [0.3, 0.4) is 0 Å². The van der Waals surface area contributed by atoms with Crippen LogP contribution in [0.25, 0.3) is 0 Å². The predicted molar refractivity (Wildman–Crippen MR) is 79.6 cm³/mol. The van der Waals surface area contributed by atoms with Crippen LogP contribution in [0.4, 0.5) is 0 Å². The van der Waals surface area contributed by atoms with Crippen molar-refractivity contribution in [1.82, 2.24) is 9.88 Å². The number of nitrogens with two attached hydrogens (primary N) is 1. The van der Waals surface area contributed by atoms with Gasteiger partial charge in [-0.1, -0.05) is 25.8 Å². The lowest BCUT2D eigenvalue weighted by Crippen LogP contribution is -2.50. The number of unbranched alkanes of at least 4 members (excludes halogenated alkanes) is 1. The van der Waals surface area contributed by atoms with Gasteiger partial charge in [0.15, 0.2) is 0 Å². The van der Waals surface area contributed by atoms with Crippen molar-refractivity contribution in [2.24, 2.45) is 5.73 Å². The fourth-order valence-electron chi connectivity index (χ4n) is 2.09. The Morgan fingerprint density at radius 2 is 2.19 bits per heavy atom. The van der Waals surface area contributed by atoms with E-state index in [-0.39, 0.29) is 12.3 Å². The Hall–Kier alpha value is -1.95. The van der Waals surface area contributed by atoms with E-state index in [1.807, 2.05) is 6.92 Å². The highest BCUT2D eigenvalue weighted by Crippen LogP contribution is 2.10. The van der Waals surface area contributed by atoms with Gasteiger partial charge in [0.25, 0.3) is 0 Å². The number of carboxylic acids is 1. The van der Waals surface area contributed by atoms with Gasteiger partial charge in [0.1, 0.15) is 6.04 Å². The van der Waals surface area contributed by atoms with Crippen LogP contribution in [0.1, 0.15) is 31.7 Å². The minimum absolute atomic E-state index is 0.214. The molecule has 1 aromatic rings. The third-order valence-electron chi connectivity index (χ3n) is 3.44. The zero-order chi connectivity index (χ0) is 15.8. The van der Waals surface area contributed by atoms with Crippen molar-refractivity contribution in [2.75, 3.05) is 7.05 Å². The van der Waals surface area contributed by atoms with Crippen LogP contribution >= 0.6 is 0 Å². The molecule has 0 aliphatic rings. The molecule has 0 saturated carbocycles. The summed E-state index contributed by atoms with van der Waals surface area (Å²) in [6.45, 7) is 2.02. The summed E-state index contributed by atoms with van der Waals surface area (Å²) in [6.07, 6.45) is 5.80. The van der Waals surface area contributed by atoms with Gasteiger partial charge in [0.05, 0.1) is 6.04 Å². The summed E-state index contributed by atoms with van der Waals surface area (Å²) < 4.78 is 0. The largest absolute Gasteiger partial charge is 0.480 e. The molecule has 3 N–H and O–H groups in total. The van der Waals surface area contributed by atoms with E-state index in [0.29, 0.717) is 6.42 Å². The molecule has 1 heterocycles. The number of carbonyl (C=O) groups is 2. The van der Waals surface area contributed by atoms with Gasteiger partial charge < -0.3 is 15.7 Å². The van der Waals surface area contributed by atoms with Crippen LogP contribution in [0.2, 0.25) is 0 Å². The molecule has 6 nitrogen and oxygen atoms in total. The highest BCUT2D eigenvalue weighted by Gasteiger charge is 2.29. The fraction of sp³-hybridized carbons (Fsp3) is 0.533. The van der Waals surface area contributed by atoms with Gasteiger partial charge in [-0.2, -0.15) is 0 Å². The molecule has 2 atom stereocenters. The van der Waals surface area contributed by atoms with Crippen molar-refractivity contribution in [3.8, 4) is 0 Å². The molecule has 1 amide bonds. The Morgan fingerprint density at radius 3 is 2.71 bits per heavy atom. The Kier molecular flexibility index (Phi) is 6.81. The molecule has 0 fully saturated rings. The maximum absolute atomic E-state index is 12.2. The molecule has 6 heteroatoms. The monoisotopic (exact) mass is 293 g/mol. The van der Waals surface area contributed by atoms with Crippen molar-refractivity contribution < 1.29 is 14.7 Å². The predicted octanol–water partition coefficient (Wildman–Crippen LogP) is 1.05. The second-order valence-corrected chi connectivity index (χ2v) is 5.12. The topological polar surface area (TPSA) is 96.5 Å². The van der Waals surface area contributed by atoms with E-state index < -0.39 is 18.1 Å². The summed E-state index contributed by atoms with van der Waals surface area (Å²) in [5.41, 5.74) is 6.61. The molecule has 0 unspecified atom stereocenters. The van der Waals surface area contributed by atoms with Crippen LogP contribution < -0.4 is 5.73 Å². The Morgan fingerprint density at radius 1 is 1.48 bits per heavy atom. The number of aliphatic carboxylic acids is 1. The van der Waals surface area contributed by atoms with Crippen molar-refractivity contribution in [1.29, 1.82) is 0 Å². The van der Waals surface area contributed by atoms with Gasteiger partial charge in [-0.15, -0.1) is 0 Å². The smallest absolute Gasteiger partial charge is 0.326 e. The Balaban J connectivity index is 2.75. The molecule has 21 heavy (non-hydrogen) atoms. The number of carbonyl (C=O) groups excluding carboxylic acids is 1. The summed E-state index contributed by atoms with van der Waals surface area (Å²) in [4.78, 5) is 28.8. The van der Waals surface area contributed by atoms with Gasteiger partial charge in [-0.25, -0.2) is 4.79 Å². The molecular formula is C15H23N3O3. The van der Waals surface area contributed by atoms with Crippen molar-refractivity contribution in [3.05, 3.63) is 30.1 Å². The third-order valence-corrected chi connectivity index (χ3v) is 3.44.